The summed E-state index contributed by atoms with van der Waals surface area (Å²) in [5, 5.41) is 0. The summed E-state index contributed by atoms with van der Waals surface area (Å²) < 4.78 is 0. The minimum atomic E-state index is -0.224. The minimum absolute atomic E-state index is 0.0375. The first-order valence-corrected chi connectivity index (χ1v) is 5.63. The molecule has 0 saturated heterocycles. The smallest absolute Gasteiger partial charge is 0.147 e. The largest absolute Gasteiger partial charge is 0.300 e. The van der Waals surface area contributed by atoms with Gasteiger partial charge in [-0.15, -0.1) is 0 Å². The fraction of sp³-hybridized carbons (Fsp3) is 0.750. The molecule has 3 heteroatoms. The SMILES string of the molecule is CC(=O)CC(=O)CC(=O)C1CCCCC1. The van der Waals surface area contributed by atoms with E-state index in [9.17, 15) is 14.4 Å². The predicted octanol–water partition coefficient (Wildman–Crippen LogP) is 2.07. The molecule has 0 radical (unpaired) electrons. The van der Waals surface area contributed by atoms with Gasteiger partial charge in [0.25, 0.3) is 0 Å². The molecule has 1 aliphatic carbocycles. The van der Waals surface area contributed by atoms with Crippen LogP contribution in [0.5, 0.6) is 0 Å². The Labute approximate surface area is 90.2 Å². The first-order valence-electron chi connectivity index (χ1n) is 5.63. The molecular formula is C12H18O3. The third-order valence-electron chi connectivity index (χ3n) is 2.88. The quantitative estimate of drug-likeness (QED) is 0.653. The van der Waals surface area contributed by atoms with Gasteiger partial charge in [0, 0.05) is 5.92 Å². The second-order valence-corrected chi connectivity index (χ2v) is 4.40. The van der Waals surface area contributed by atoms with Gasteiger partial charge in [0.15, 0.2) is 0 Å². The molecule has 3 nitrogen and oxygen atoms in total. The summed E-state index contributed by atoms with van der Waals surface area (Å²) in [4.78, 5) is 33.6. The van der Waals surface area contributed by atoms with Crippen LogP contribution in [0.4, 0.5) is 0 Å². The molecular weight excluding hydrogens is 192 g/mol. The summed E-state index contributed by atoms with van der Waals surface area (Å²) in [6.45, 7) is 1.38. The zero-order valence-electron chi connectivity index (χ0n) is 9.25. The Balaban J connectivity index is 2.33. The van der Waals surface area contributed by atoms with E-state index in [0.717, 1.165) is 25.7 Å². The topological polar surface area (TPSA) is 51.2 Å². The van der Waals surface area contributed by atoms with Gasteiger partial charge >= 0.3 is 0 Å². The van der Waals surface area contributed by atoms with E-state index < -0.39 is 0 Å². The van der Waals surface area contributed by atoms with Crippen molar-refractivity contribution in [3.63, 3.8) is 0 Å². The van der Waals surface area contributed by atoms with Crippen molar-refractivity contribution in [2.45, 2.75) is 51.9 Å². The molecule has 0 bridgehead atoms. The minimum Gasteiger partial charge on any atom is -0.300 e. The fourth-order valence-electron chi connectivity index (χ4n) is 2.10. The Morgan fingerprint density at radius 3 is 2.13 bits per heavy atom. The second kappa shape index (κ2) is 5.79. The van der Waals surface area contributed by atoms with Crippen molar-refractivity contribution in [3.8, 4) is 0 Å². The molecule has 0 aliphatic heterocycles. The molecule has 0 aromatic carbocycles. The van der Waals surface area contributed by atoms with Crippen LogP contribution in [0, 0.1) is 5.92 Å². The third-order valence-corrected chi connectivity index (χ3v) is 2.88. The number of ketones is 3. The molecule has 1 saturated carbocycles. The normalized spacial score (nSPS) is 17.4. The van der Waals surface area contributed by atoms with E-state index in [2.05, 4.69) is 0 Å². The molecule has 0 aromatic rings. The standard InChI is InChI=1S/C12H18O3/c1-9(13)7-11(14)8-12(15)10-5-3-2-4-6-10/h10H,2-8H2,1H3. The van der Waals surface area contributed by atoms with Gasteiger partial charge in [-0.25, -0.2) is 0 Å². The average Bonchev–Trinajstić information content (AvgIpc) is 2.17. The lowest BCUT2D eigenvalue weighted by atomic mass is 9.84. The third kappa shape index (κ3) is 4.36. The van der Waals surface area contributed by atoms with E-state index in [1.165, 1.54) is 13.3 Å². The lowest BCUT2D eigenvalue weighted by Crippen LogP contribution is -2.21. The second-order valence-electron chi connectivity index (χ2n) is 4.40. The number of carbonyl (C=O) groups excluding carboxylic acids is 3. The molecule has 0 amide bonds. The number of rotatable bonds is 5. The number of hydrogen-bond donors (Lipinski definition) is 0. The Bertz CT molecular complexity index is 262. The molecule has 0 atom stereocenters. The van der Waals surface area contributed by atoms with E-state index in [1.54, 1.807) is 0 Å². The van der Waals surface area contributed by atoms with Crippen molar-refractivity contribution in [3.05, 3.63) is 0 Å². The van der Waals surface area contributed by atoms with Gasteiger partial charge in [0.2, 0.25) is 0 Å². The van der Waals surface area contributed by atoms with E-state index in [0.29, 0.717) is 0 Å². The van der Waals surface area contributed by atoms with Crippen molar-refractivity contribution in [2.24, 2.45) is 5.92 Å². The molecule has 1 fully saturated rings. The van der Waals surface area contributed by atoms with Crippen LogP contribution in [0.15, 0.2) is 0 Å². The van der Waals surface area contributed by atoms with Crippen molar-refractivity contribution in [2.75, 3.05) is 0 Å². The van der Waals surface area contributed by atoms with Crippen molar-refractivity contribution >= 4 is 17.3 Å². The molecule has 1 rings (SSSR count). The van der Waals surface area contributed by atoms with Gasteiger partial charge in [-0.1, -0.05) is 19.3 Å². The maximum atomic E-state index is 11.7. The van der Waals surface area contributed by atoms with Crippen molar-refractivity contribution in [1.82, 2.24) is 0 Å². The Hall–Kier alpha value is -0.990. The molecule has 0 heterocycles. The van der Waals surface area contributed by atoms with Gasteiger partial charge in [0.05, 0.1) is 12.8 Å². The van der Waals surface area contributed by atoms with Crippen LogP contribution in [0.2, 0.25) is 0 Å². The highest BCUT2D eigenvalue weighted by atomic mass is 16.2. The van der Waals surface area contributed by atoms with E-state index in [-0.39, 0.29) is 36.1 Å². The fourth-order valence-corrected chi connectivity index (χ4v) is 2.10. The lowest BCUT2D eigenvalue weighted by molar-refractivity contribution is -0.131. The van der Waals surface area contributed by atoms with Gasteiger partial charge < -0.3 is 0 Å². The first-order chi connectivity index (χ1) is 7.09. The summed E-state index contributed by atoms with van der Waals surface area (Å²) in [6.07, 6.45) is 5.11. The van der Waals surface area contributed by atoms with Crippen LogP contribution >= 0.6 is 0 Å². The number of Topliss-reactive ketones (excluding diaryl/α,β-unsaturated/α-hetero) is 3. The van der Waals surface area contributed by atoms with Crippen LogP contribution < -0.4 is 0 Å². The zero-order chi connectivity index (χ0) is 11.3. The Morgan fingerprint density at radius 1 is 1.00 bits per heavy atom. The van der Waals surface area contributed by atoms with Crippen LogP contribution in [0.1, 0.15) is 51.9 Å². The molecule has 0 spiro atoms. The van der Waals surface area contributed by atoms with E-state index in [4.69, 9.17) is 0 Å². The highest BCUT2D eigenvalue weighted by Crippen LogP contribution is 2.25. The van der Waals surface area contributed by atoms with Gasteiger partial charge in [-0.05, 0) is 19.8 Å². The Morgan fingerprint density at radius 2 is 1.60 bits per heavy atom. The molecule has 15 heavy (non-hydrogen) atoms. The van der Waals surface area contributed by atoms with E-state index >= 15 is 0 Å². The summed E-state index contributed by atoms with van der Waals surface area (Å²) in [6, 6.07) is 0. The number of hydrogen-bond acceptors (Lipinski definition) is 3. The van der Waals surface area contributed by atoms with E-state index in [1.807, 2.05) is 0 Å². The highest BCUT2D eigenvalue weighted by Gasteiger charge is 2.23. The zero-order valence-corrected chi connectivity index (χ0v) is 9.25. The lowest BCUT2D eigenvalue weighted by Gasteiger charge is -2.19. The van der Waals surface area contributed by atoms with Crippen LogP contribution in [-0.4, -0.2) is 17.3 Å². The van der Waals surface area contributed by atoms with Gasteiger partial charge in [-0.3, -0.25) is 14.4 Å². The van der Waals surface area contributed by atoms with Crippen molar-refractivity contribution < 1.29 is 14.4 Å². The monoisotopic (exact) mass is 210 g/mol. The van der Waals surface area contributed by atoms with Crippen LogP contribution in [0.3, 0.4) is 0 Å². The maximum absolute atomic E-state index is 11.7. The average molecular weight is 210 g/mol. The molecule has 0 N–H and O–H groups in total. The predicted molar refractivity (Wildman–Crippen MR) is 56.5 cm³/mol. The summed E-state index contributed by atoms with van der Waals surface area (Å²) >= 11 is 0. The number of carbonyl (C=O) groups is 3. The van der Waals surface area contributed by atoms with Crippen LogP contribution in [-0.2, 0) is 14.4 Å². The highest BCUT2D eigenvalue weighted by molar-refractivity contribution is 6.07. The molecule has 84 valence electrons. The molecule has 0 aromatic heterocycles. The van der Waals surface area contributed by atoms with Gasteiger partial charge in [0.1, 0.15) is 17.3 Å². The molecule has 1 aliphatic rings. The summed E-state index contributed by atoms with van der Waals surface area (Å²) in [5.74, 6) is -0.259. The van der Waals surface area contributed by atoms with Gasteiger partial charge in [-0.2, -0.15) is 0 Å². The summed E-state index contributed by atoms with van der Waals surface area (Å²) in [5.41, 5.74) is 0. The van der Waals surface area contributed by atoms with Crippen LogP contribution in [0.25, 0.3) is 0 Å². The summed E-state index contributed by atoms with van der Waals surface area (Å²) in [7, 11) is 0. The first kappa shape index (κ1) is 12.1. The maximum Gasteiger partial charge on any atom is 0.147 e. The molecule has 0 unspecified atom stereocenters. The Kier molecular flexibility index (Phi) is 4.66. The van der Waals surface area contributed by atoms with Crippen molar-refractivity contribution in [1.29, 1.82) is 0 Å².